The summed E-state index contributed by atoms with van der Waals surface area (Å²) in [4.78, 5) is 2.17. The van der Waals surface area contributed by atoms with Crippen molar-refractivity contribution in [2.24, 2.45) is 5.73 Å². The first kappa shape index (κ1) is 15.2. The number of nitrogens with two attached hydrogens (primary N) is 1. The van der Waals surface area contributed by atoms with Gasteiger partial charge in [-0.3, -0.25) is 4.90 Å². The number of hydrogen-bond donors (Lipinski definition) is 1. The summed E-state index contributed by atoms with van der Waals surface area (Å²) >= 11 is 3.44. The number of nitriles is 1. The standard InChI is InChI=1S/C14H20BrN3/c1-3-13(17)14(18(2)10-4-9-16)11-5-7-12(15)8-6-11/h5-8,13-14H,3-4,10,17H2,1-2H3. The van der Waals surface area contributed by atoms with Crippen LogP contribution in [0.2, 0.25) is 0 Å². The highest BCUT2D eigenvalue weighted by Crippen LogP contribution is 2.25. The highest BCUT2D eigenvalue weighted by molar-refractivity contribution is 9.10. The third-order valence-corrected chi connectivity index (χ3v) is 3.67. The second-order valence-corrected chi connectivity index (χ2v) is 5.37. The van der Waals surface area contributed by atoms with Gasteiger partial charge in [0.2, 0.25) is 0 Å². The molecule has 0 radical (unpaired) electrons. The normalized spacial score (nSPS) is 14.2. The Morgan fingerprint density at radius 3 is 2.50 bits per heavy atom. The molecule has 2 atom stereocenters. The molecule has 0 aliphatic carbocycles. The van der Waals surface area contributed by atoms with Gasteiger partial charge in [0.05, 0.1) is 6.07 Å². The van der Waals surface area contributed by atoms with Crippen LogP contribution in [0.4, 0.5) is 0 Å². The van der Waals surface area contributed by atoms with Crippen LogP contribution in [0.3, 0.4) is 0 Å². The lowest BCUT2D eigenvalue weighted by Crippen LogP contribution is -2.39. The first-order chi connectivity index (χ1) is 8.60. The maximum Gasteiger partial charge on any atom is 0.0635 e. The molecule has 18 heavy (non-hydrogen) atoms. The number of benzene rings is 1. The summed E-state index contributed by atoms with van der Waals surface area (Å²) < 4.78 is 1.06. The Morgan fingerprint density at radius 2 is 2.00 bits per heavy atom. The molecule has 0 heterocycles. The first-order valence-corrected chi connectivity index (χ1v) is 6.97. The van der Waals surface area contributed by atoms with Crippen LogP contribution in [0.5, 0.6) is 0 Å². The molecule has 0 spiro atoms. The van der Waals surface area contributed by atoms with Gasteiger partial charge < -0.3 is 5.73 Å². The molecule has 0 saturated carbocycles. The van der Waals surface area contributed by atoms with Crippen molar-refractivity contribution in [3.8, 4) is 6.07 Å². The van der Waals surface area contributed by atoms with Crippen molar-refractivity contribution in [3.63, 3.8) is 0 Å². The van der Waals surface area contributed by atoms with E-state index in [1.807, 2.05) is 19.2 Å². The zero-order chi connectivity index (χ0) is 13.5. The Hall–Kier alpha value is -0.890. The van der Waals surface area contributed by atoms with Crippen molar-refractivity contribution in [1.82, 2.24) is 4.90 Å². The predicted octanol–water partition coefficient (Wildman–Crippen LogP) is 3.07. The van der Waals surface area contributed by atoms with Crippen molar-refractivity contribution >= 4 is 15.9 Å². The molecule has 4 heteroatoms. The molecule has 0 saturated heterocycles. The van der Waals surface area contributed by atoms with E-state index < -0.39 is 0 Å². The second-order valence-electron chi connectivity index (χ2n) is 4.46. The number of likely N-dealkylation sites (N-methyl/N-ethyl adjacent to an activating group) is 1. The fourth-order valence-electron chi connectivity index (χ4n) is 2.08. The fourth-order valence-corrected chi connectivity index (χ4v) is 2.34. The van der Waals surface area contributed by atoms with Crippen LogP contribution in [-0.2, 0) is 0 Å². The van der Waals surface area contributed by atoms with Crippen LogP contribution in [-0.4, -0.2) is 24.5 Å². The van der Waals surface area contributed by atoms with Gasteiger partial charge in [0.15, 0.2) is 0 Å². The number of rotatable bonds is 6. The second kappa shape index (κ2) is 7.52. The van der Waals surface area contributed by atoms with Gasteiger partial charge in [0, 0.05) is 29.5 Å². The van der Waals surface area contributed by atoms with E-state index in [-0.39, 0.29) is 12.1 Å². The summed E-state index contributed by atoms with van der Waals surface area (Å²) in [7, 11) is 2.03. The average Bonchev–Trinajstić information content (AvgIpc) is 2.38. The van der Waals surface area contributed by atoms with Gasteiger partial charge in [-0.05, 0) is 31.2 Å². The van der Waals surface area contributed by atoms with E-state index in [0.717, 1.165) is 17.4 Å². The molecule has 2 unspecified atom stereocenters. The van der Waals surface area contributed by atoms with E-state index in [9.17, 15) is 0 Å². The fraction of sp³-hybridized carbons (Fsp3) is 0.500. The maximum absolute atomic E-state index is 8.69. The third-order valence-electron chi connectivity index (χ3n) is 3.14. The van der Waals surface area contributed by atoms with E-state index in [1.54, 1.807) is 0 Å². The summed E-state index contributed by atoms with van der Waals surface area (Å²) in [5.74, 6) is 0. The molecule has 1 rings (SSSR count). The zero-order valence-electron chi connectivity index (χ0n) is 10.9. The Kier molecular flexibility index (Phi) is 6.34. The third kappa shape index (κ3) is 4.09. The SMILES string of the molecule is CCC(N)C(c1ccc(Br)cc1)N(C)CCC#N. The molecule has 0 aliphatic rings. The van der Waals surface area contributed by atoms with Crippen molar-refractivity contribution < 1.29 is 0 Å². The van der Waals surface area contributed by atoms with Gasteiger partial charge in [0.1, 0.15) is 0 Å². The van der Waals surface area contributed by atoms with Crippen LogP contribution in [0.1, 0.15) is 31.4 Å². The molecule has 98 valence electrons. The molecule has 1 aromatic carbocycles. The van der Waals surface area contributed by atoms with Crippen LogP contribution in [0.25, 0.3) is 0 Å². The monoisotopic (exact) mass is 309 g/mol. The van der Waals surface area contributed by atoms with Crippen LogP contribution >= 0.6 is 15.9 Å². The summed E-state index contributed by atoms with van der Waals surface area (Å²) in [6.45, 7) is 2.83. The van der Waals surface area contributed by atoms with Crippen LogP contribution in [0, 0.1) is 11.3 Å². The Morgan fingerprint density at radius 1 is 1.39 bits per heavy atom. The van der Waals surface area contributed by atoms with Crippen molar-refractivity contribution in [3.05, 3.63) is 34.3 Å². The van der Waals surface area contributed by atoms with E-state index in [4.69, 9.17) is 11.0 Å². The quantitative estimate of drug-likeness (QED) is 0.878. The lowest BCUT2D eigenvalue weighted by molar-refractivity contribution is 0.214. The highest BCUT2D eigenvalue weighted by Gasteiger charge is 2.22. The van der Waals surface area contributed by atoms with Crippen LogP contribution in [0.15, 0.2) is 28.7 Å². The average molecular weight is 310 g/mol. The van der Waals surface area contributed by atoms with Gasteiger partial charge in [-0.2, -0.15) is 5.26 Å². The maximum atomic E-state index is 8.69. The molecule has 3 nitrogen and oxygen atoms in total. The Labute approximate surface area is 118 Å². The molecule has 0 bridgehead atoms. The molecule has 0 aliphatic heterocycles. The highest BCUT2D eigenvalue weighted by atomic mass is 79.9. The minimum absolute atomic E-state index is 0.0786. The Balaban J connectivity index is 2.91. The molecule has 0 amide bonds. The molecule has 1 aromatic rings. The van der Waals surface area contributed by atoms with Crippen LogP contribution < -0.4 is 5.73 Å². The van der Waals surface area contributed by atoms with Crippen molar-refractivity contribution in [1.29, 1.82) is 5.26 Å². The molecular weight excluding hydrogens is 290 g/mol. The lowest BCUT2D eigenvalue weighted by Gasteiger charge is -2.32. The smallest absolute Gasteiger partial charge is 0.0635 e. The molecule has 0 fully saturated rings. The van der Waals surface area contributed by atoms with Gasteiger partial charge in [-0.25, -0.2) is 0 Å². The van der Waals surface area contributed by atoms with E-state index in [0.29, 0.717) is 6.42 Å². The molecular formula is C14H20BrN3. The minimum atomic E-state index is 0.0786. The number of hydrogen-bond acceptors (Lipinski definition) is 3. The van der Waals surface area contributed by atoms with Gasteiger partial charge in [-0.15, -0.1) is 0 Å². The van der Waals surface area contributed by atoms with E-state index in [1.165, 1.54) is 5.56 Å². The molecule has 0 aromatic heterocycles. The van der Waals surface area contributed by atoms with Gasteiger partial charge in [-0.1, -0.05) is 35.0 Å². The van der Waals surface area contributed by atoms with Crippen molar-refractivity contribution in [2.75, 3.05) is 13.6 Å². The van der Waals surface area contributed by atoms with Gasteiger partial charge >= 0.3 is 0 Å². The lowest BCUT2D eigenvalue weighted by atomic mass is 9.96. The van der Waals surface area contributed by atoms with Gasteiger partial charge in [0.25, 0.3) is 0 Å². The summed E-state index contributed by atoms with van der Waals surface area (Å²) in [5.41, 5.74) is 7.43. The van der Waals surface area contributed by atoms with Crippen molar-refractivity contribution in [2.45, 2.75) is 31.8 Å². The zero-order valence-corrected chi connectivity index (χ0v) is 12.5. The summed E-state index contributed by atoms with van der Waals surface area (Å²) in [6, 6.07) is 10.7. The predicted molar refractivity (Wildman–Crippen MR) is 78.0 cm³/mol. The van der Waals surface area contributed by atoms with E-state index >= 15 is 0 Å². The number of halogens is 1. The van der Waals surface area contributed by atoms with E-state index in [2.05, 4.69) is 46.0 Å². The summed E-state index contributed by atoms with van der Waals surface area (Å²) in [5, 5.41) is 8.69. The molecule has 2 N–H and O–H groups in total. The first-order valence-electron chi connectivity index (χ1n) is 6.18. The minimum Gasteiger partial charge on any atom is -0.326 e. The summed E-state index contributed by atoms with van der Waals surface area (Å²) in [6.07, 6.45) is 1.44. The Bertz CT molecular complexity index is 396. The topological polar surface area (TPSA) is 53.0 Å². The number of nitrogens with zero attached hydrogens (tertiary/aromatic N) is 2. The largest absolute Gasteiger partial charge is 0.326 e.